The van der Waals surface area contributed by atoms with Crippen molar-refractivity contribution >= 4 is 19.0 Å². The second-order valence-corrected chi connectivity index (χ2v) is 2.05. The van der Waals surface area contributed by atoms with Crippen molar-refractivity contribution in [2.75, 3.05) is 5.73 Å². The Morgan fingerprint density at radius 1 is 1.70 bits per heavy atom. The van der Waals surface area contributed by atoms with Crippen LogP contribution in [-0.4, -0.2) is 12.8 Å². The molecule has 0 radical (unpaired) electrons. The summed E-state index contributed by atoms with van der Waals surface area (Å²) in [4.78, 5) is 3.81. The van der Waals surface area contributed by atoms with Gasteiger partial charge in [-0.05, 0) is 6.07 Å². The van der Waals surface area contributed by atoms with Gasteiger partial charge in [0.05, 0.1) is 6.20 Å². The lowest BCUT2D eigenvalue weighted by molar-refractivity contribution is 1.29. The lowest BCUT2D eigenvalue weighted by Crippen LogP contribution is -2.10. The molecule has 0 saturated carbocycles. The van der Waals surface area contributed by atoms with E-state index in [1.54, 1.807) is 6.07 Å². The van der Waals surface area contributed by atoms with Crippen molar-refractivity contribution in [2.24, 2.45) is 0 Å². The van der Waals surface area contributed by atoms with Crippen molar-refractivity contribution in [3.63, 3.8) is 0 Å². The summed E-state index contributed by atoms with van der Waals surface area (Å²) in [6.07, 6.45) is 1.48. The van der Waals surface area contributed by atoms with Gasteiger partial charge in [-0.2, -0.15) is 5.26 Å². The van der Waals surface area contributed by atoms with Gasteiger partial charge in [-0.15, -0.1) is 0 Å². The average Bonchev–Trinajstić information content (AvgIpc) is 1.88. The van der Waals surface area contributed by atoms with Crippen molar-refractivity contribution in [2.45, 2.75) is 0 Å². The molecule has 0 fully saturated rings. The zero-order chi connectivity index (χ0) is 7.56. The second kappa shape index (κ2) is 2.40. The van der Waals surface area contributed by atoms with E-state index in [1.807, 2.05) is 13.9 Å². The van der Waals surface area contributed by atoms with Gasteiger partial charge in [-0.1, -0.05) is 5.46 Å². The van der Waals surface area contributed by atoms with E-state index in [2.05, 4.69) is 4.98 Å². The minimum atomic E-state index is 0.439. The third kappa shape index (κ3) is 1.08. The van der Waals surface area contributed by atoms with Crippen LogP contribution < -0.4 is 11.2 Å². The van der Waals surface area contributed by atoms with Crippen LogP contribution in [0.2, 0.25) is 0 Å². The van der Waals surface area contributed by atoms with E-state index in [0.717, 1.165) is 5.46 Å². The topological polar surface area (TPSA) is 62.7 Å². The Kier molecular flexibility index (Phi) is 1.59. The fraction of sp³-hybridized carbons (Fsp3) is 0. The Balaban J connectivity index is 3.23. The zero-order valence-corrected chi connectivity index (χ0v) is 5.63. The van der Waals surface area contributed by atoms with Gasteiger partial charge in [0.15, 0.2) is 0 Å². The molecule has 0 atom stereocenters. The molecule has 10 heavy (non-hydrogen) atoms. The quantitative estimate of drug-likeness (QED) is 0.449. The van der Waals surface area contributed by atoms with Gasteiger partial charge in [-0.3, -0.25) is 0 Å². The number of aromatic nitrogens is 1. The van der Waals surface area contributed by atoms with Crippen LogP contribution >= 0.6 is 0 Å². The van der Waals surface area contributed by atoms with Gasteiger partial charge in [0.1, 0.15) is 19.6 Å². The molecular formula is C6H6BN3. The van der Waals surface area contributed by atoms with E-state index in [0.29, 0.717) is 11.4 Å². The number of hydrogen-bond acceptors (Lipinski definition) is 3. The van der Waals surface area contributed by atoms with Gasteiger partial charge < -0.3 is 5.73 Å². The lowest BCUT2D eigenvalue weighted by atomic mass is 9.94. The molecule has 0 aliphatic rings. The Labute approximate surface area is 59.9 Å². The second-order valence-electron chi connectivity index (χ2n) is 2.05. The van der Waals surface area contributed by atoms with Gasteiger partial charge in [0.2, 0.25) is 0 Å². The molecule has 0 aromatic carbocycles. The molecule has 48 valence electrons. The number of nitrogens with two attached hydrogens (primary N) is 1. The van der Waals surface area contributed by atoms with E-state index < -0.39 is 0 Å². The predicted molar refractivity (Wildman–Crippen MR) is 41.5 cm³/mol. The molecule has 0 spiro atoms. The summed E-state index contributed by atoms with van der Waals surface area (Å²) >= 11 is 0. The molecule has 0 unspecified atom stereocenters. The van der Waals surface area contributed by atoms with Crippen LogP contribution in [0.5, 0.6) is 0 Å². The first-order valence-electron chi connectivity index (χ1n) is 2.86. The summed E-state index contributed by atoms with van der Waals surface area (Å²) in [6.45, 7) is 0. The highest BCUT2D eigenvalue weighted by molar-refractivity contribution is 6.33. The highest BCUT2D eigenvalue weighted by Crippen LogP contribution is 1.95. The van der Waals surface area contributed by atoms with E-state index >= 15 is 0 Å². The predicted octanol–water partition coefficient (Wildman–Crippen LogP) is -1.21. The van der Waals surface area contributed by atoms with Crippen LogP contribution in [0.4, 0.5) is 5.69 Å². The number of nitrogens with zero attached hydrogens (tertiary/aromatic N) is 2. The van der Waals surface area contributed by atoms with E-state index in [1.165, 1.54) is 6.20 Å². The fourth-order valence-corrected chi connectivity index (χ4v) is 0.714. The van der Waals surface area contributed by atoms with Crippen LogP contribution in [0.15, 0.2) is 12.3 Å². The number of pyridine rings is 1. The minimum Gasteiger partial charge on any atom is -0.397 e. The Morgan fingerprint density at radius 3 is 2.90 bits per heavy atom. The number of rotatable bonds is 0. The SMILES string of the molecule is Bc1cc(N)cnc1C#N. The monoisotopic (exact) mass is 131 g/mol. The van der Waals surface area contributed by atoms with Crippen molar-refractivity contribution in [1.29, 1.82) is 5.26 Å². The van der Waals surface area contributed by atoms with E-state index in [9.17, 15) is 0 Å². The molecule has 0 amide bonds. The van der Waals surface area contributed by atoms with E-state index in [-0.39, 0.29) is 0 Å². The summed E-state index contributed by atoms with van der Waals surface area (Å²) in [7, 11) is 1.81. The van der Waals surface area contributed by atoms with Crippen LogP contribution in [0.25, 0.3) is 0 Å². The van der Waals surface area contributed by atoms with Crippen LogP contribution in [0, 0.1) is 11.3 Å². The summed E-state index contributed by atoms with van der Waals surface area (Å²) in [6, 6.07) is 3.68. The Hall–Kier alpha value is -1.50. The number of hydrogen-bond donors (Lipinski definition) is 1. The number of nitrogen functional groups attached to an aromatic ring is 1. The Bertz CT molecular complexity index is 290. The third-order valence-corrected chi connectivity index (χ3v) is 1.21. The summed E-state index contributed by atoms with van der Waals surface area (Å²) in [5.74, 6) is 0. The molecular weight excluding hydrogens is 125 g/mol. The summed E-state index contributed by atoms with van der Waals surface area (Å²) < 4.78 is 0. The minimum absolute atomic E-state index is 0.439. The van der Waals surface area contributed by atoms with Gasteiger partial charge in [0, 0.05) is 5.69 Å². The smallest absolute Gasteiger partial charge is 0.143 e. The lowest BCUT2D eigenvalue weighted by Gasteiger charge is -1.95. The van der Waals surface area contributed by atoms with Crippen molar-refractivity contribution in [3.8, 4) is 6.07 Å². The molecule has 2 N–H and O–H groups in total. The molecule has 1 rings (SSSR count). The fourth-order valence-electron chi connectivity index (χ4n) is 0.714. The van der Waals surface area contributed by atoms with Gasteiger partial charge in [-0.25, -0.2) is 4.98 Å². The number of nitriles is 1. The van der Waals surface area contributed by atoms with Gasteiger partial charge in [0.25, 0.3) is 0 Å². The first-order chi connectivity index (χ1) is 4.74. The van der Waals surface area contributed by atoms with Crippen LogP contribution in [0.3, 0.4) is 0 Å². The standard InChI is InChI=1S/C6H6BN3/c7-5-1-4(9)3-10-6(5)2-8/h1,3H,7,9H2. The Morgan fingerprint density at radius 2 is 2.40 bits per heavy atom. The molecule has 3 nitrogen and oxygen atoms in total. The maximum Gasteiger partial charge on any atom is 0.143 e. The van der Waals surface area contributed by atoms with E-state index in [4.69, 9.17) is 11.0 Å². The molecule has 1 aromatic rings. The van der Waals surface area contributed by atoms with Crippen LogP contribution in [-0.2, 0) is 0 Å². The zero-order valence-electron chi connectivity index (χ0n) is 5.63. The normalized spacial score (nSPS) is 8.70. The first kappa shape index (κ1) is 6.62. The van der Waals surface area contributed by atoms with Crippen molar-refractivity contribution in [3.05, 3.63) is 18.0 Å². The maximum absolute atomic E-state index is 8.46. The average molecular weight is 131 g/mol. The maximum atomic E-state index is 8.46. The van der Waals surface area contributed by atoms with Crippen LogP contribution in [0.1, 0.15) is 5.69 Å². The highest BCUT2D eigenvalue weighted by Gasteiger charge is 1.96. The molecule has 1 aromatic heterocycles. The molecule has 0 saturated heterocycles. The van der Waals surface area contributed by atoms with Crippen molar-refractivity contribution in [1.82, 2.24) is 4.98 Å². The summed E-state index contributed by atoms with van der Waals surface area (Å²) in [5, 5.41) is 8.46. The first-order valence-corrected chi connectivity index (χ1v) is 2.86. The number of anilines is 1. The molecule has 0 aliphatic carbocycles. The molecule has 1 heterocycles. The summed E-state index contributed by atoms with van der Waals surface area (Å²) in [5.41, 5.74) is 7.27. The molecule has 0 aliphatic heterocycles. The molecule has 4 heteroatoms. The largest absolute Gasteiger partial charge is 0.397 e. The van der Waals surface area contributed by atoms with Gasteiger partial charge >= 0.3 is 0 Å². The third-order valence-electron chi connectivity index (χ3n) is 1.21. The molecule has 0 bridgehead atoms. The van der Waals surface area contributed by atoms with Crippen molar-refractivity contribution < 1.29 is 0 Å². The highest BCUT2D eigenvalue weighted by atomic mass is 14.7.